The number of nitrogens with two attached hydrogens (primary N) is 1. The first-order valence-electron chi connectivity index (χ1n) is 6.73. The number of fused-ring (bicyclic) bond motifs is 1. The van der Waals surface area contributed by atoms with Gasteiger partial charge in [-0.1, -0.05) is 18.2 Å². The van der Waals surface area contributed by atoms with Gasteiger partial charge >= 0.3 is 0 Å². The summed E-state index contributed by atoms with van der Waals surface area (Å²) in [7, 11) is -3.53. The highest BCUT2D eigenvalue weighted by Crippen LogP contribution is 2.25. The van der Waals surface area contributed by atoms with Crippen molar-refractivity contribution in [2.24, 2.45) is 0 Å². The Bertz CT molecular complexity index is 730. The SMILES string of the molecule is CSCCC(C)NS(=O)(=O)c1cccc2cc(N)ccc12. The average Bonchev–Trinajstić information content (AvgIpc) is 2.43. The third-order valence-corrected chi connectivity index (χ3v) is 5.56. The third-order valence-electron chi connectivity index (χ3n) is 3.27. The molecule has 1 unspecified atom stereocenters. The summed E-state index contributed by atoms with van der Waals surface area (Å²) in [6.45, 7) is 1.89. The second kappa shape index (κ2) is 6.68. The van der Waals surface area contributed by atoms with Gasteiger partial charge in [-0.25, -0.2) is 13.1 Å². The normalized spacial score (nSPS) is 13.4. The summed E-state index contributed by atoms with van der Waals surface area (Å²) in [4.78, 5) is 0.302. The predicted molar refractivity (Wildman–Crippen MR) is 91.1 cm³/mol. The van der Waals surface area contributed by atoms with Crippen molar-refractivity contribution in [3.63, 3.8) is 0 Å². The molecule has 0 bridgehead atoms. The minimum atomic E-state index is -3.53. The van der Waals surface area contributed by atoms with E-state index >= 15 is 0 Å². The van der Waals surface area contributed by atoms with Crippen molar-refractivity contribution in [2.45, 2.75) is 24.3 Å². The number of nitrogen functional groups attached to an aromatic ring is 1. The van der Waals surface area contributed by atoms with Crippen LogP contribution in [0.2, 0.25) is 0 Å². The second-order valence-corrected chi connectivity index (χ2v) is 7.71. The number of rotatable bonds is 6. The molecule has 4 nitrogen and oxygen atoms in total. The van der Waals surface area contributed by atoms with E-state index in [2.05, 4.69) is 4.72 Å². The van der Waals surface area contributed by atoms with Crippen LogP contribution in [0.15, 0.2) is 41.3 Å². The van der Waals surface area contributed by atoms with Crippen molar-refractivity contribution in [1.82, 2.24) is 4.72 Å². The fourth-order valence-corrected chi connectivity index (χ4v) is 4.29. The van der Waals surface area contributed by atoms with E-state index in [1.165, 1.54) is 0 Å². The molecule has 0 amide bonds. The molecule has 114 valence electrons. The van der Waals surface area contributed by atoms with Gasteiger partial charge in [0.2, 0.25) is 10.0 Å². The van der Waals surface area contributed by atoms with Crippen molar-refractivity contribution in [3.8, 4) is 0 Å². The number of nitrogens with one attached hydrogen (secondary N) is 1. The molecule has 1 atom stereocenters. The van der Waals surface area contributed by atoms with Crippen LogP contribution in [-0.2, 0) is 10.0 Å². The van der Waals surface area contributed by atoms with Crippen LogP contribution in [0.25, 0.3) is 10.8 Å². The maximum Gasteiger partial charge on any atom is 0.241 e. The Morgan fingerprint density at radius 3 is 2.76 bits per heavy atom. The van der Waals surface area contributed by atoms with Crippen LogP contribution in [0, 0.1) is 0 Å². The minimum absolute atomic E-state index is 0.0912. The van der Waals surface area contributed by atoms with E-state index in [1.807, 2.05) is 19.2 Å². The van der Waals surface area contributed by atoms with Crippen LogP contribution in [-0.4, -0.2) is 26.5 Å². The number of benzene rings is 2. The van der Waals surface area contributed by atoms with Gasteiger partial charge in [0.1, 0.15) is 0 Å². The highest BCUT2D eigenvalue weighted by Gasteiger charge is 2.19. The Labute approximate surface area is 130 Å². The first kappa shape index (κ1) is 16.1. The van der Waals surface area contributed by atoms with E-state index < -0.39 is 10.0 Å². The molecular formula is C15H20N2O2S2. The van der Waals surface area contributed by atoms with E-state index in [-0.39, 0.29) is 6.04 Å². The maximum absolute atomic E-state index is 12.6. The van der Waals surface area contributed by atoms with Crippen molar-refractivity contribution in [1.29, 1.82) is 0 Å². The fourth-order valence-electron chi connectivity index (χ4n) is 2.19. The lowest BCUT2D eigenvalue weighted by Crippen LogP contribution is -2.33. The number of sulfonamides is 1. The molecule has 0 fully saturated rings. The van der Waals surface area contributed by atoms with Crippen molar-refractivity contribution in [2.75, 3.05) is 17.7 Å². The maximum atomic E-state index is 12.6. The number of hydrogen-bond acceptors (Lipinski definition) is 4. The Kier molecular flexibility index (Phi) is 5.13. The smallest absolute Gasteiger partial charge is 0.241 e. The van der Waals surface area contributed by atoms with Gasteiger partial charge in [0.05, 0.1) is 4.90 Å². The predicted octanol–water partition coefficient (Wildman–Crippen LogP) is 2.84. The summed E-state index contributed by atoms with van der Waals surface area (Å²) in [5.74, 6) is 0.926. The van der Waals surface area contributed by atoms with Crippen LogP contribution in [0.1, 0.15) is 13.3 Å². The molecule has 0 aliphatic heterocycles. The highest BCUT2D eigenvalue weighted by atomic mass is 32.2. The molecule has 0 saturated heterocycles. The quantitative estimate of drug-likeness (QED) is 0.802. The van der Waals surface area contributed by atoms with E-state index in [4.69, 9.17) is 5.73 Å². The van der Waals surface area contributed by atoms with E-state index in [0.717, 1.165) is 17.6 Å². The number of hydrogen-bond donors (Lipinski definition) is 2. The van der Waals surface area contributed by atoms with Crippen molar-refractivity contribution >= 4 is 38.2 Å². The van der Waals surface area contributed by atoms with E-state index in [0.29, 0.717) is 16.0 Å². The largest absolute Gasteiger partial charge is 0.399 e. The molecule has 2 aromatic rings. The Morgan fingerprint density at radius 1 is 1.29 bits per heavy atom. The second-order valence-electron chi connectivity index (χ2n) is 5.04. The van der Waals surface area contributed by atoms with Gasteiger partial charge in [-0.15, -0.1) is 0 Å². The number of anilines is 1. The van der Waals surface area contributed by atoms with Gasteiger partial charge in [-0.05, 0) is 48.9 Å². The monoisotopic (exact) mass is 324 g/mol. The van der Waals surface area contributed by atoms with Gasteiger partial charge < -0.3 is 5.73 Å². The van der Waals surface area contributed by atoms with E-state index in [1.54, 1.807) is 42.1 Å². The molecule has 0 aromatic heterocycles. The molecule has 0 spiro atoms. The van der Waals surface area contributed by atoms with E-state index in [9.17, 15) is 8.42 Å². The molecule has 21 heavy (non-hydrogen) atoms. The molecule has 0 radical (unpaired) electrons. The molecule has 0 saturated carbocycles. The third kappa shape index (κ3) is 3.90. The zero-order valence-corrected chi connectivity index (χ0v) is 13.8. The molecule has 0 heterocycles. The summed E-state index contributed by atoms with van der Waals surface area (Å²) >= 11 is 1.71. The average molecular weight is 324 g/mol. The van der Waals surface area contributed by atoms with Crippen molar-refractivity contribution < 1.29 is 8.42 Å². The lowest BCUT2D eigenvalue weighted by molar-refractivity contribution is 0.558. The first-order valence-corrected chi connectivity index (χ1v) is 9.61. The Hall–Kier alpha value is -1.24. The van der Waals surface area contributed by atoms with Gasteiger partial charge in [-0.3, -0.25) is 0 Å². The summed E-state index contributed by atoms with van der Waals surface area (Å²) in [5, 5.41) is 1.52. The standard InChI is InChI=1S/C15H20N2O2S2/c1-11(8-9-20-2)17-21(18,19)15-5-3-4-12-10-13(16)6-7-14(12)15/h3-7,10-11,17H,8-9,16H2,1-2H3. The summed E-state index contributed by atoms with van der Waals surface area (Å²) in [6, 6.07) is 10.4. The molecule has 2 rings (SSSR count). The number of thioether (sulfide) groups is 1. The molecular weight excluding hydrogens is 304 g/mol. The zero-order chi connectivity index (χ0) is 15.5. The van der Waals surface area contributed by atoms with Gasteiger partial charge in [0.25, 0.3) is 0 Å². The first-order chi connectivity index (χ1) is 9.94. The lowest BCUT2D eigenvalue weighted by Gasteiger charge is -2.15. The zero-order valence-electron chi connectivity index (χ0n) is 12.2. The lowest BCUT2D eigenvalue weighted by atomic mass is 10.1. The molecule has 0 aliphatic carbocycles. The Balaban J connectivity index is 2.36. The van der Waals surface area contributed by atoms with Crippen LogP contribution >= 0.6 is 11.8 Å². The fraction of sp³-hybridized carbons (Fsp3) is 0.333. The van der Waals surface area contributed by atoms with Gasteiger partial charge in [-0.2, -0.15) is 11.8 Å². The van der Waals surface area contributed by atoms with Crippen molar-refractivity contribution in [3.05, 3.63) is 36.4 Å². The van der Waals surface area contributed by atoms with Crippen LogP contribution in [0.4, 0.5) is 5.69 Å². The molecule has 0 aliphatic rings. The van der Waals surface area contributed by atoms with Crippen LogP contribution < -0.4 is 10.5 Å². The highest BCUT2D eigenvalue weighted by molar-refractivity contribution is 7.98. The minimum Gasteiger partial charge on any atom is -0.399 e. The summed E-state index contributed by atoms with van der Waals surface area (Å²) in [5.41, 5.74) is 6.37. The van der Waals surface area contributed by atoms with Gasteiger partial charge in [0.15, 0.2) is 0 Å². The van der Waals surface area contributed by atoms with Crippen LogP contribution in [0.3, 0.4) is 0 Å². The molecule has 2 aromatic carbocycles. The molecule has 3 N–H and O–H groups in total. The summed E-state index contributed by atoms with van der Waals surface area (Å²) in [6.07, 6.45) is 2.81. The van der Waals surface area contributed by atoms with Crippen LogP contribution in [0.5, 0.6) is 0 Å². The van der Waals surface area contributed by atoms with Gasteiger partial charge in [0, 0.05) is 17.1 Å². The molecule has 6 heteroatoms. The summed E-state index contributed by atoms with van der Waals surface area (Å²) < 4.78 is 27.9. The topological polar surface area (TPSA) is 72.2 Å². The Morgan fingerprint density at radius 2 is 2.05 bits per heavy atom.